The van der Waals surface area contributed by atoms with Crippen molar-refractivity contribution in [3.8, 4) is 0 Å². The molecule has 0 aromatic heterocycles. The first kappa shape index (κ1) is 20.2. The minimum atomic E-state index is 0. The van der Waals surface area contributed by atoms with Crippen LogP contribution in [-0.4, -0.2) is 50.3 Å². The number of anilines is 1. The van der Waals surface area contributed by atoms with Crippen LogP contribution in [0.15, 0.2) is 23.2 Å². The highest BCUT2D eigenvalue weighted by atomic mass is 127. The molecule has 6 heteroatoms. The fraction of sp³-hybridized carbons (Fsp3) is 0.588. The summed E-state index contributed by atoms with van der Waals surface area (Å²) in [7, 11) is 4.21. The number of hydrogen-bond acceptors (Lipinski definition) is 3. The summed E-state index contributed by atoms with van der Waals surface area (Å²) in [5.41, 5.74) is 9.54. The molecular weight excluding hydrogens is 403 g/mol. The molecule has 1 heterocycles. The van der Waals surface area contributed by atoms with Crippen molar-refractivity contribution in [2.75, 3.05) is 39.2 Å². The fourth-order valence-corrected chi connectivity index (χ4v) is 2.96. The summed E-state index contributed by atoms with van der Waals surface area (Å²) in [5.74, 6) is 0.470. The number of ether oxygens (including phenoxy) is 1. The van der Waals surface area contributed by atoms with Gasteiger partial charge >= 0.3 is 0 Å². The van der Waals surface area contributed by atoms with Crippen molar-refractivity contribution in [2.45, 2.75) is 32.2 Å². The van der Waals surface area contributed by atoms with Crippen LogP contribution in [0.4, 0.5) is 5.69 Å². The number of likely N-dealkylation sites (N-methyl/N-ethyl adjacent to an activating group) is 1. The molecule has 1 saturated heterocycles. The molecule has 0 saturated carbocycles. The van der Waals surface area contributed by atoms with Gasteiger partial charge in [-0.1, -0.05) is 6.07 Å². The van der Waals surface area contributed by atoms with E-state index in [-0.39, 0.29) is 29.5 Å². The molecule has 0 spiro atoms. The zero-order chi connectivity index (χ0) is 16.2. The van der Waals surface area contributed by atoms with Crippen molar-refractivity contribution >= 4 is 35.6 Å². The predicted molar refractivity (Wildman–Crippen MR) is 108 cm³/mol. The Hall–Kier alpha value is -0.860. The van der Waals surface area contributed by atoms with E-state index in [1.54, 1.807) is 0 Å². The normalized spacial score (nSPS) is 17.7. The van der Waals surface area contributed by atoms with Gasteiger partial charge in [0.1, 0.15) is 0 Å². The zero-order valence-corrected chi connectivity index (χ0v) is 16.9. The summed E-state index contributed by atoms with van der Waals surface area (Å²) in [5, 5.41) is 3.20. The molecule has 1 aliphatic heterocycles. The van der Waals surface area contributed by atoms with E-state index in [4.69, 9.17) is 10.5 Å². The van der Waals surface area contributed by atoms with Gasteiger partial charge in [-0.25, -0.2) is 0 Å². The molecule has 0 aliphatic carbocycles. The maximum Gasteiger partial charge on any atom is 0.193 e. The van der Waals surface area contributed by atoms with E-state index >= 15 is 0 Å². The Kier molecular flexibility index (Phi) is 7.76. The zero-order valence-electron chi connectivity index (χ0n) is 14.6. The number of nitrogens with zero attached hydrogens (tertiary/aromatic N) is 2. The lowest BCUT2D eigenvalue weighted by atomic mass is 9.89. The van der Waals surface area contributed by atoms with Gasteiger partial charge < -0.3 is 20.7 Å². The molecule has 2 rings (SSSR count). The van der Waals surface area contributed by atoms with Gasteiger partial charge in [0.15, 0.2) is 5.96 Å². The molecule has 3 N–H and O–H groups in total. The molecule has 0 radical (unpaired) electrons. The van der Waals surface area contributed by atoms with Crippen molar-refractivity contribution in [3.05, 3.63) is 29.3 Å². The van der Waals surface area contributed by atoms with Crippen LogP contribution in [0.3, 0.4) is 0 Å². The van der Waals surface area contributed by atoms with Crippen molar-refractivity contribution < 1.29 is 4.74 Å². The van der Waals surface area contributed by atoms with Crippen LogP contribution in [0.2, 0.25) is 0 Å². The van der Waals surface area contributed by atoms with Gasteiger partial charge in [-0.15, -0.1) is 24.0 Å². The first-order valence-electron chi connectivity index (χ1n) is 7.82. The van der Waals surface area contributed by atoms with E-state index in [0.29, 0.717) is 12.5 Å². The average Bonchev–Trinajstić information content (AvgIpc) is 2.45. The van der Waals surface area contributed by atoms with Gasteiger partial charge in [0, 0.05) is 24.4 Å². The van der Waals surface area contributed by atoms with E-state index in [1.807, 2.05) is 0 Å². The Bertz CT molecular complexity index is 519. The van der Waals surface area contributed by atoms with Crippen molar-refractivity contribution in [1.82, 2.24) is 4.90 Å². The quantitative estimate of drug-likeness (QED) is 0.437. The lowest BCUT2D eigenvalue weighted by Crippen LogP contribution is -2.51. The number of aryl methyl sites for hydroxylation is 2. The van der Waals surface area contributed by atoms with Gasteiger partial charge in [-0.2, -0.15) is 0 Å². The molecule has 0 bridgehead atoms. The van der Waals surface area contributed by atoms with Gasteiger partial charge in [0.05, 0.1) is 6.54 Å². The van der Waals surface area contributed by atoms with E-state index in [2.05, 4.69) is 61.4 Å². The molecule has 1 aromatic rings. The minimum absolute atomic E-state index is 0. The number of rotatable bonds is 4. The first-order chi connectivity index (χ1) is 10.4. The summed E-state index contributed by atoms with van der Waals surface area (Å²) < 4.78 is 5.48. The van der Waals surface area contributed by atoms with Gasteiger partial charge in [0.25, 0.3) is 0 Å². The van der Waals surface area contributed by atoms with Crippen molar-refractivity contribution in [1.29, 1.82) is 0 Å². The number of nitrogens with one attached hydrogen (secondary N) is 1. The SMILES string of the molecule is Cc1cc(C)cc(NC(N)=NCC2(N(C)C)CCOCC2)c1.I. The largest absolute Gasteiger partial charge is 0.381 e. The predicted octanol–water partition coefficient (Wildman–Crippen LogP) is 2.76. The third-order valence-electron chi connectivity index (χ3n) is 4.41. The second kappa shape index (κ2) is 8.84. The van der Waals surface area contributed by atoms with Crippen LogP contribution in [0, 0.1) is 13.8 Å². The maximum absolute atomic E-state index is 6.07. The third kappa shape index (κ3) is 5.61. The topological polar surface area (TPSA) is 62.9 Å². The van der Waals surface area contributed by atoms with E-state index in [9.17, 15) is 0 Å². The first-order valence-corrected chi connectivity index (χ1v) is 7.82. The monoisotopic (exact) mass is 432 g/mol. The Labute approximate surface area is 156 Å². The molecule has 0 unspecified atom stereocenters. The Morgan fingerprint density at radius 3 is 2.30 bits per heavy atom. The van der Waals surface area contributed by atoms with Crippen molar-refractivity contribution in [3.63, 3.8) is 0 Å². The van der Waals surface area contributed by atoms with Crippen LogP contribution in [0.5, 0.6) is 0 Å². The average molecular weight is 432 g/mol. The van der Waals surface area contributed by atoms with Crippen LogP contribution in [0.1, 0.15) is 24.0 Å². The number of aliphatic imine (C=N–C) groups is 1. The maximum atomic E-state index is 6.07. The standard InChI is InChI=1S/C17H28N4O.HI/c1-13-9-14(2)11-15(10-13)20-16(18)19-12-17(21(3)4)5-7-22-8-6-17;/h9-11H,5-8,12H2,1-4H3,(H3,18,19,20);1H. The van der Waals surface area contributed by atoms with E-state index in [1.165, 1.54) is 11.1 Å². The second-order valence-corrected chi connectivity index (χ2v) is 6.43. The second-order valence-electron chi connectivity index (χ2n) is 6.43. The van der Waals surface area contributed by atoms with Crippen LogP contribution in [0.25, 0.3) is 0 Å². The number of guanidine groups is 1. The number of halogens is 1. The van der Waals surface area contributed by atoms with E-state index in [0.717, 1.165) is 31.7 Å². The molecule has 5 nitrogen and oxygen atoms in total. The number of nitrogens with two attached hydrogens (primary N) is 1. The summed E-state index contributed by atoms with van der Waals surface area (Å²) in [6.07, 6.45) is 1.97. The molecule has 1 aromatic carbocycles. The smallest absolute Gasteiger partial charge is 0.193 e. The summed E-state index contributed by atoms with van der Waals surface area (Å²) in [4.78, 5) is 6.84. The van der Waals surface area contributed by atoms with Gasteiger partial charge in [-0.05, 0) is 64.0 Å². The molecular formula is C17H29IN4O. The molecule has 1 aliphatic rings. The molecule has 0 amide bonds. The van der Waals surface area contributed by atoms with Crippen molar-refractivity contribution in [2.24, 2.45) is 10.7 Å². The minimum Gasteiger partial charge on any atom is -0.381 e. The Balaban J connectivity index is 0.00000264. The summed E-state index contributed by atoms with van der Waals surface area (Å²) in [6, 6.07) is 6.29. The van der Waals surface area contributed by atoms with Crippen LogP contribution in [-0.2, 0) is 4.74 Å². The summed E-state index contributed by atoms with van der Waals surface area (Å²) in [6.45, 7) is 6.42. The lowest BCUT2D eigenvalue weighted by molar-refractivity contribution is -0.00249. The van der Waals surface area contributed by atoms with Crippen LogP contribution >= 0.6 is 24.0 Å². The van der Waals surface area contributed by atoms with Crippen LogP contribution < -0.4 is 11.1 Å². The Morgan fingerprint density at radius 1 is 1.22 bits per heavy atom. The van der Waals surface area contributed by atoms with E-state index < -0.39 is 0 Å². The highest BCUT2D eigenvalue weighted by molar-refractivity contribution is 14.0. The molecule has 130 valence electrons. The lowest BCUT2D eigenvalue weighted by Gasteiger charge is -2.41. The van der Waals surface area contributed by atoms with Gasteiger partial charge in [0.2, 0.25) is 0 Å². The van der Waals surface area contributed by atoms with Gasteiger partial charge in [-0.3, -0.25) is 4.99 Å². The fourth-order valence-electron chi connectivity index (χ4n) is 2.96. The molecule has 1 fully saturated rings. The summed E-state index contributed by atoms with van der Waals surface area (Å²) >= 11 is 0. The Morgan fingerprint density at radius 2 is 1.78 bits per heavy atom. The third-order valence-corrected chi connectivity index (χ3v) is 4.41. The highest BCUT2D eigenvalue weighted by Crippen LogP contribution is 2.26. The molecule has 0 atom stereocenters. The number of hydrogen-bond donors (Lipinski definition) is 2. The highest BCUT2D eigenvalue weighted by Gasteiger charge is 2.34. The number of benzene rings is 1. The molecule has 23 heavy (non-hydrogen) atoms.